The van der Waals surface area contributed by atoms with Gasteiger partial charge in [-0.1, -0.05) is 0 Å². The Kier molecular flexibility index (Phi) is 3.55. The molecule has 0 atom stereocenters. The zero-order valence-electron chi connectivity index (χ0n) is 10.4. The molecule has 1 rings (SSSR count). The van der Waals surface area contributed by atoms with E-state index in [1.54, 1.807) is 27.7 Å². The topological polar surface area (TPSA) is 81.4 Å². The molecule has 17 heavy (non-hydrogen) atoms. The Morgan fingerprint density at radius 2 is 2.06 bits per heavy atom. The van der Waals surface area contributed by atoms with E-state index in [9.17, 15) is 9.59 Å². The van der Waals surface area contributed by atoms with Crippen LogP contribution >= 0.6 is 0 Å². The minimum absolute atomic E-state index is 0.0307. The van der Waals surface area contributed by atoms with Crippen LogP contribution < -0.4 is 0 Å². The van der Waals surface area contributed by atoms with E-state index in [0.717, 1.165) is 0 Å². The van der Waals surface area contributed by atoms with E-state index in [0.29, 0.717) is 5.56 Å². The van der Waals surface area contributed by atoms with Gasteiger partial charge in [0, 0.05) is 11.8 Å². The molecule has 0 bridgehead atoms. The standard InChI is InChI=1S/C11H16N2O4/c1-7-5-13(12-8(7)9(14)15)6-17-10(16)11(2,3)4/h5H,6H2,1-4H3,(H,14,15). The number of nitrogens with zero attached hydrogens (tertiary/aromatic N) is 2. The van der Waals surface area contributed by atoms with Crippen molar-refractivity contribution in [3.8, 4) is 0 Å². The second-order valence-corrected chi connectivity index (χ2v) is 4.82. The van der Waals surface area contributed by atoms with Gasteiger partial charge in [0.2, 0.25) is 0 Å². The van der Waals surface area contributed by atoms with Crippen LogP contribution in [0.15, 0.2) is 6.20 Å². The van der Waals surface area contributed by atoms with Crippen molar-refractivity contribution in [2.24, 2.45) is 5.41 Å². The highest BCUT2D eigenvalue weighted by Gasteiger charge is 2.23. The summed E-state index contributed by atoms with van der Waals surface area (Å²) in [5.41, 5.74) is -0.0845. The van der Waals surface area contributed by atoms with Crippen LogP contribution in [0.3, 0.4) is 0 Å². The zero-order valence-corrected chi connectivity index (χ0v) is 10.4. The maximum absolute atomic E-state index is 11.5. The van der Waals surface area contributed by atoms with Crippen molar-refractivity contribution in [2.45, 2.75) is 34.4 Å². The molecule has 0 spiro atoms. The maximum atomic E-state index is 11.5. The number of rotatable bonds is 3. The summed E-state index contributed by atoms with van der Waals surface area (Å²) < 4.78 is 6.30. The highest BCUT2D eigenvalue weighted by atomic mass is 16.5. The molecule has 0 unspecified atom stereocenters. The van der Waals surface area contributed by atoms with E-state index in [1.165, 1.54) is 10.9 Å². The number of aromatic nitrogens is 2. The summed E-state index contributed by atoms with van der Waals surface area (Å²) in [6, 6.07) is 0. The van der Waals surface area contributed by atoms with E-state index < -0.39 is 11.4 Å². The maximum Gasteiger partial charge on any atom is 0.356 e. The SMILES string of the molecule is Cc1cn(COC(=O)C(C)(C)C)nc1C(=O)O. The lowest BCUT2D eigenvalue weighted by Gasteiger charge is -2.16. The molecule has 1 N–H and O–H groups in total. The van der Waals surface area contributed by atoms with Crippen LogP contribution in [0.2, 0.25) is 0 Å². The van der Waals surface area contributed by atoms with E-state index in [4.69, 9.17) is 9.84 Å². The fourth-order valence-corrected chi connectivity index (χ4v) is 1.14. The van der Waals surface area contributed by atoms with Crippen molar-refractivity contribution in [3.63, 3.8) is 0 Å². The average molecular weight is 240 g/mol. The predicted octanol–water partition coefficient (Wildman–Crippen LogP) is 1.44. The van der Waals surface area contributed by atoms with Crippen LogP contribution in [-0.2, 0) is 16.3 Å². The molecule has 0 fully saturated rings. The number of carbonyl (C=O) groups is 2. The Morgan fingerprint density at radius 3 is 2.47 bits per heavy atom. The normalized spacial score (nSPS) is 11.3. The van der Waals surface area contributed by atoms with E-state index in [-0.39, 0.29) is 18.4 Å². The number of aromatic carboxylic acids is 1. The molecule has 0 radical (unpaired) electrons. The van der Waals surface area contributed by atoms with Gasteiger partial charge in [-0.3, -0.25) is 4.79 Å². The largest absolute Gasteiger partial charge is 0.476 e. The first kappa shape index (κ1) is 13.2. The molecule has 0 saturated carbocycles. The van der Waals surface area contributed by atoms with Gasteiger partial charge in [-0.2, -0.15) is 5.10 Å². The summed E-state index contributed by atoms with van der Waals surface area (Å²) in [5, 5.41) is 12.6. The van der Waals surface area contributed by atoms with E-state index >= 15 is 0 Å². The van der Waals surface area contributed by atoms with E-state index in [2.05, 4.69) is 5.10 Å². The molecule has 0 aromatic carbocycles. The number of carboxylic acid groups (broad SMARTS) is 1. The van der Waals surface area contributed by atoms with Crippen LogP contribution in [0, 0.1) is 12.3 Å². The Morgan fingerprint density at radius 1 is 1.47 bits per heavy atom. The molecule has 0 saturated heterocycles. The number of esters is 1. The highest BCUT2D eigenvalue weighted by Crippen LogP contribution is 2.15. The summed E-state index contributed by atoms with van der Waals surface area (Å²) >= 11 is 0. The number of carbonyl (C=O) groups excluding carboxylic acids is 1. The Hall–Kier alpha value is -1.85. The zero-order chi connectivity index (χ0) is 13.2. The van der Waals surface area contributed by atoms with Crippen molar-refractivity contribution in [1.82, 2.24) is 9.78 Å². The summed E-state index contributed by atoms with van der Waals surface area (Å²) in [6.45, 7) is 6.79. The summed E-state index contributed by atoms with van der Waals surface area (Å²) in [6.07, 6.45) is 1.53. The molecule has 0 aliphatic rings. The molecule has 1 aromatic rings. The third-order valence-corrected chi connectivity index (χ3v) is 2.09. The number of ether oxygens (including phenoxy) is 1. The van der Waals surface area contributed by atoms with Crippen LogP contribution in [0.25, 0.3) is 0 Å². The van der Waals surface area contributed by atoms with Crippen molar-refractivity contribution in [3.05, 3.63) is 17.5 Å². The van der Waals surface area contributed by atoms with Gasteiger partial charge in [-0.15, -0.1) is 0 Å². The molecular weight excluding hydrogens is 224 g/mol. The molecule has 0 aliphatic carbocycles. The third-order valence-electron chi connectivity index (χ3n) is 2.09. The first-order valence-electron chi connectivity index (χ1n) is 5.16. The Bertz CT molecular complexity index is 443. The fourth-order valence-electron chi connectivity index (χ4n) is 1.14. The van der Waals surface area contributed by atoms with Crippen molar-refractivity contribution < 1.29 is 19.4 Å². The molecule has 0 amide bonds. The molecule has 94 valence electrons. The monoisotopic (exact) mass is 240 g/mol. The van der Waals surface area contributed by atoms with Gasteiger partial charge in [0.15, 0.2) is 12.4 Å². The quantitative estimate of drug-likeness (QED) is 0.808. The second kappa shape index (κ2) is 4.57. The molecular formula is C11H16N2O4. The van der Waals surface area contributed by atoms with Crippen molar-refractivity contribution in [1.29, 1.82) is 0 Å². The minimum Gasteiger partial charge on any atom is -0.476 e. The number of hydrogen-bond acceptors (Lipinski definition) is 4. The van der Waals surface area contributed by atoms with Gasteiger partial charge in [0.25, 0.3) is 0 Å². The van der Waals surface area contributed by atoms with Gasteiger partial charge in [0.1, 0.15) is 0 Å². The average Bonchev–Trinajstić information content (AvgIpc) is 2.54. The van der Waals surface area contributed by atoms with Gasteiger partial charge >= 0.3 is 11.9 Å². The molecule has 0 aliphatic heterocycles. The lowest BCUT2D eigenvalue weighted by Crippen LogP contribution is -2.24. The van der Waals surface area contributed by atoms with Crippen LogP contribution in [-0.4, -0.2) is 26.8 Å². The minimum atomic E-state index is -1.09. The smallest absolute Gasteiger partial charge is 0.356 e. The van der Waals surface area contributed by atoms with Gasteiger partial charge in [-0.05, 0) is 27.7 Å². The van der Waals surface area contributed by atoms with Gasteiger partial charge < -0.3 is 9.84 Å². The number of aryl methyl sites for hydroxylation is 1. The third kappa shape index (κ3) is 3.30. The predicted molar refractivity (Wildman–Crippen MR) is 59.5 cm³/mol. The van der Waals surface area contributed by atoms with Crippen LogP contribution in [0.4, 0.5) is 0 Å². The van der Waals surface area contributed by atoms with Crippen LogP contribution in [0.1, 0.15) is 36.8 Å². The summed E-state index contributed by atoms with van der Waals surface area (Å²) in [7, 11) is 0. The van der Waals surface area contributed by atoms with Crippen LogP contribution in [0.5, 0.6) is 0 Å². The Balaban J connectivity index is 2.68. The highest BCUT2D eigenvalue weighted by molar-refractivity contribution is 5.86. The molecule has 1 heterocycles. The van der Waals surface area contributed by atoms with E-state index in [1.807, 2.05) is 0 Å². The second-order valence-electron chi connectivity index (χ2n) is 4.82. The van der Waals surface area contributed by atoms with Gasteiger partial charge in [0.05, 0.1) is 5.41 Å². The summed E-state index contributed by atoms with van der Waals surface area (Å²) in [4.78, 5) is 22.2. The first-order valence-corrected chi connectivity index (χ1v) is 5.16. The number of carboxylic acids is 1. The van der Waals surface area contributed by atoms with Crippen molar-refractivity contribution >= 4 is 11.9 Å². The molecule has 6 nitrogen and oxygen atoms in total. The van der Waals surface area contributed by atoms with Gasteiger partial charge in [-0.25, -0.2) is 9.48 Å². The Labute approximate surface area is 99.2 Å². The molecule has 6 heteroatoms. The lowest BCUT2D eigenvalue weighted by molar-refractivity contribution is -0.157. The number of hydrogen-bond donors (Lipinski definition) is 1. The molecule has 1 aromatic heterocycles. The first-order chi connectivity index (χ1) is 7.71. The fraction of sp³-hybridized carbons (Fsp3) is 0.545. The van der Waals surface area contributed by atoms with Crippen molar-refractivity contribution in [2.75, 3.05) is 0 Å². The lowest BCUT2D eigenvalue weighted by atomic mass is 9.98. The summed E-state index contributed by atoms with van der Waals surface area (Å²) in [5.74, 6) is -1.45.